The van der Waals surface area contributed by atoms with Gasteiger partial charge in [0.1, 0.15) is 5.82 Å². The third-order valence-electron chi connectivity index (χ3n) is 2.81. The maximum absolute atomic E-state index is 13.5. The molecule has 0 radical (unpaired) electrons. The van der Waals surface area contributed by atoms with E-state index in [1.807, 2.05) is 0 Å². The van der Waals surface area contributed by atoms with Crippen LogP contribution in [0.3, 0.4) is 0 Å². The summed E-state index contributed by atoms with van der Waals surface area (Å²) in [5.74, 6) is -2.12. The van der Waals surface area contributed by atoms with Crippen molar-refractivity contribution in [1.82, 2.24) is 0 Å². The Bertz CT molecular complexity index is 548. The van der Waals surface area contributed by atoms with Crippen molar-refractivity contribution in [3.63, 3.8) is 0 Å². The van der Waals surface area contributed by atoms with E-state index in [9.17, 15) is 17.6 Å². The average molecular weight is 277 g/mol. The van der Waals surface area contributed by atoms with Gasteiger partial charge in [0.25, 0.3) is 0 Å². The quantitative estimate of drug-likeness (QED) is 0.777. The molecule has 92 valence electrons. The normalized spacial score (nSPS) is 22.6. The molecule has 0 aromatic heterocycles. The molecule has 1 aromatic carbocycles. The lowest BCUT2D eigenvalue weighted by Crippen LogP contribution is -2.18. The standard InChI is InChI=1S/C11H10ClFO3S/c12-8-2-1-3-9(13)10(8)11(14)7-4-5-17(15,16)6-7/h1-3,7H,4-6H2. The average Bonchev–Trinajstić information content (AvgIpc) is 2.58. The molecule has 1 fully saturated rings. The molecule has 0 amide bonds. The van der Waals surface area contributed by atoms with Crippen LogP contribution >= 0.6 is 11.6 Å². The number of Topliss-reactive ketones (excluding diaryl/α,β-unsaturated/α-hetero) is 1. The van der Waals surface area contributed by atoms with Crippen molar-refractivity contribution in [2.45, 2.75) is 6.42 Å². The summed E-state index contributed by atoms with van der Waals surface area (Å²) in [5.41, 5.74) is -0.198. The van der Waals surface area contributed by atoms with Crippen LogP contribution in [0.25, 0.3) is 0 Å². The Morgan fingerprint density at radius 2 is 2.12 bits per heavy atom. The van der Waals surface area contributed by atoms with E-state index in [4.69, 9.17) is 11.6 Å². The van der Waals surface area contributed by atoms with Gasteiger partial charge in [-0.3, -0.25) is 4.79 Å². The van der Waals surface area contributed by atoms with Crippen molar-refractivity contribution in [2.24, 2.45) is 5.92 Å². The first-order valence-electron chi connectivity index (χ1n) is 5.09. The van der Waals surface area contributed by atoms with Crippen LogP contribution in [0, 0.1) is 11.7 Å². The van der Waals surface area contributed by atoms with E-state index in [2.05, 4.69) is 0 Å². The number of sulfone groups is 1. The fourth-order valence-corrected chi connectivity index (χ4v) is 3.94. The summed E-state index contributed by atoms with van der Waals surface area (Å²) >= 11 is 5.76. The number of hydrogen-bond donors (Lipinski definition) is 0. The molecule has 0 saturated carbocycles. The zero-order valence-electron chi connectivity index (χ0n) is 8.82. The van der Waals surface area contributed by atoms with Gasteiger partial charge < -0.3 is 0 Å². The molecule has 1 unspecified atom stereocenters. The second-order valence-electron chi connectivity index (χ2n) is 4.06. The zero-order chi connectivity index (χ0) is 12.6. The summed E-state index contributed by atoms with van der Waals surface area (Å²) in [4.78, 5) is 12.0. The summed E-state index contributed by atoms with van der Waals surface area (Å²) in [6, 6.07) is 3.96. The van der Waals surface area contributed by atoms with Crippen LogP contribution in [0.2, 0.25) is 5.02 Å². The SMILES string of the molecule is O=C(c1c(F)cccc1Cl)C1CCS(=O)(=O)C1. The van der Waals surface area contributed by atoms with Gasteiger partial charge in [0.2, 0.25) is 0 Å². The second kappa shape index (κ2) is 4.38. The topological polar surface area (TPSA) is 51.2 Å². The Hall–Kier alpha value is -0.940. The molecule has 3 nitrogen and oxygen atoms in total. The number of carbonyl (C=O) groups excluding carboxylic acids is 1. The Balaban J connectivity index is 2.33. The molecule has 1 aliphatic rings. The molecule has 6 heteroatoms. The van der Waals surface area contributed by atoms with Crippen molar-refractivity contribution in [1.29, 1.82) is 0 Å². The van der Waals surface area contributed by atoms with E-state index in [1.165, 1.54) is 12.1 Å². The Morgan fingerprint density at radius 1 is 1.41 bits per heavy atom. The van der Waals surface area contributed by atoms with Gasteiger partial charge in [-0.05, 0) is 18.6 Å². The molecule has 0 spiro atoms. The highest BCUT2D eigenvalue weighted by molar-refractivity contribution is 7.91. The fraction of sp³-hybridized carbons (Fsp3) is 0.364. The maximum atomic E-state index is 13.5. The summed E-state index contributed by atoms with van der Waals surface area (Å²) in [6.07, 6.45) is 0.242. The molecule has 0 N–H and O–H groups in total. The van der Waals surface area contributed by atoms with E-state index >= 15 is 0 Å². The lowest BCUT2D eigenvalue weighted by atomic mass is 9.97. The second-order valence-corrected chi connectivity index (χ2v) is 6.70. The highest BCUT2D eigenvalue weighted by Gasteiger charge is 2.35. The number of halogens is 2. The fourth-order valence-electron chi connectivity index (χ4n) is 1.94. The third kappa shape index (κ3) is 2.50. The number of rotatable bonds is 2. The van der Waals surface area contributed by atoms with Crippen LogP contribution in [0.4, 0.5) is 4.39 Å². The van der Waals surface area contributed by atoms with Crippen LogP contribution in [0.15, 0.2) is 18.2 Å². The van der Waals surface area contributed by atoms with Crippen molar-refractivity contribution in [2.75, 3.05) is 11.5 Å². The molecule has 1 aromatic rings. The Labute approximate surface area is 104 Å². The van der Waals surface area contributed by atoms with Crippen LogP contribution in [0.1, 0.15) is 16.8 Å². The number of benzene rings is 1. The van der Waals surface area contributed by atoms with Gasteiger partial charge in [-0.25, -0.2) is 12.8 Å². The van der Waals surface area contributed by atoms with Crippen LogP contribution in [-0.2, 0) is 9.84 Å². The smallest absolute Gasteiger partial charge is 0.171 e. The van der Waals surface area contributed by atoms with E-state index in [-0.39, 0.29) is 28.5 Å². The molecule has 2 rings (SSSR count). The molecule has 1 aliphatic heterocycles. The van der Waals surface area contributed by atoms with Crippen LogP contribution in [-0.4, -0.2) is 25.7 Å². The number of ketones is 1. The summed E-state index contributed by atoms with van der Waals surface area (Å²) < 4.78 is 36.0. The highest BCUT2D eigenvalue weighted by atomic mass is 35.5. The highest BCUT2D eigenvalue weighted by Crippen LogP contribution is 2.27. The van der Waals surface area contributed by atoms with Crippen molar-refractivity contribution in [3.05, 3.63) is 34.6 Å². The lowest BCUT2D eigenvalue weighted by molar-refractivity contribution is 0.0929. The summed E-state index contributed by atoms with van der Waals surface area (Å²) in [5, 5.41) is 0.0271. The molecular formula is C11H10ClFO3S. The Morgan fingerprint density at radius 3 is 2.65 bits per heavy atom. The van der Waals surface area contributed by atoms with E-state index in [0.29, 0.717) is 0 Å². The summed E-state index contributed by atoms with van der Waals surface area (Å²) in [7, 11) is -3.16. The number of hydrogen-bond acceptors (Lipinski definition) is 3. The minimum atomic E-state index is -3.16. The van der Waals surface area contributed by atoms with Crippen molar-refractivity contribution < 1.29 is 17.6 Å². The first-order valence-corrected chi connectivity index (χ1v) is 7.29. The Kier molecular flexibility index (Phi) is 3.23. The zero-order valence-corrected chi connectivity index (χ0v) is 10.4. The third-order valence-corrected chi connectivity index (χ3v) is 4.90. The first kappa shape index (κ1) is 12.5. The van der Waals surface area contributed by atoms with E-state index in [0.717, 1.165) is 6.07 Å². The first-order chi connectivity index (χ1) is 7.91. The molecule has 1 saturated heterocycles. The maximum Gasteiger partial charge on any atom is 0.171 e. The monoisotopic (exact) mass is 276 g/mol. The molecule has 0 aliphatic carbocycles. The molecule has 17 heavy (non-hydrogen) atoms. The van der Waals surface area contributed by atoms with Crippen molar-refractivity contribution in [3.8, 4) is 0 Å². The predicted molar refractivity (Wildman–Crippen MR) is 62.5 cm³/mol. The van der Waals surface area contributed by atoms with Crippen LogP contribution < -0.4 is 0 Å². The molecule has 0 bridgehead atoms. The molecule has 1 atom stereocenters. The van der Waals surface area contributed by atoms with Gasteiger partial charge in [0.15, 0.2) is 15.6 Å². The minimum Gasteiger partial charge on any atom is -0.294 e. The number of carbonyl (C=O) groups is 1. The van der Waals surface area contributed by atoms with Gasteiger partial charge in [0.05, 0.1) is 22.1 Å². The van der Waals surface area contributed by atoms with E-state index < -0.39 is 27.4 Å². The summed E-state index contributed by atoms with van der Waals surface area (Å²) in [6.45, 7) is 0. The van der Waals surface area contributed by atoms with Gasteiger partial charge in [-0.2, -0.15) is 0 Å². The van der Waals surface area contributed by atoms with Crippen molar-refractivity contribution >= 4 is 27.2 Å². The lowest BCUT2D eigenvalue weighted by Gasteiger charge is -2.09. The predicted octanol–water partition coefficient (Wildman–Crippen LogP) is 2.10. The van der Waals surface area contributed by atoms with Gasteiger partial charge in [-0.1, -0.05) is 17.7 Å². The largest absolute Gasteiger partial charge is 0.294 e. The van der Waals surface area contributed by atoms with E-state index in [1.54, 1.807) is 0 Å². The van der Waals surface area contributed by atoms with Gasteiger partial charge in [-0.15, -0.1) is 0 Å². The minimum absolute atomic E-state index is 0.0184. The van der Waals surface area contributed by atoms with Gasteiger partial charge >= 0.3 is 0 Å². The van der Waals surface area contributed by atoms with Crippen LogP contribution in [0.5, 0.6) is 0 Å². The molecular weight excluding hydrogens is 267 g/mol. The molecule has 1 heterocycles. The van der Waals surface area contributed by atoms with Gasteiger partial charge in [0, 0.05) is 5.92 Å².